The molecule has 1 heterocycles. The number of thioether (sulfide) groups is 1. The molecule has 9 heavy (non-hydrogen) atoms. The highest BCUT2D eigenvalue weighted by Gasteiger charge is 2.41. The van der Waals surface area contributed by atoms with Gasteiger partial charge in [-0.05, 0) is 0 Å². The molecule has 1 aliphatic heterocycles. The first-order chi connectivity index (χ1) is 4.11. The molecule has 0 bridgehead atoms. The Balaban J connectivity index is 2.53. The minimum atomic E-state index is -4.19. The van der Waals surface area contributed by atoms with Crippen molar-refractivity contribution >= 4 is 18.0 Å². The van der Waals surface area contributed by atoms with E-state index in [0.29, 0.717) is 0 Å². The van der Waals surface area contributed by atoms with Gasteiger partial charge in [-0.2, -0.15) is 13.2 Å². The molecule has 1 aliphatic rings. The van der Waals surface area contributed by atoms with Crippen molar-refractivity contribution in [3.63, 3.8) is 0 Å². The second-order valence-electron chi connectivity index (χ2n) is 1.49. The zero-order valence-electron chi connectivity index (χ0n) is 4.27. The lowest BCUT2D eigenvalue weighted by molar-refractivity contribution is -0.126. The maximum atomic E-state index is 11.6. The highest BCUT2D eigenvalue weighted by atomic mass is 32.2. The summed E-state index contributed by atoms with van der Waals surface area (Å²) in [6.07, 6.45) is -1.94. The molecular weight excluding hydrogens is 151 g/mol. The molecule has 0 amide bonds. The van der Waals surface area contributed by atoms with Crippen molar-refractivity contribution in [2.45, 2.75) is 11.6 Å². The molecule has 0 spiro atoms. The molecule has 51 valence electrons. The number of rotatable bonds is 0. The Labute approximate surface area is 54.3 Å². The van der Waals surface area contributed by atoms with Crippen LogP contribution in [0.3, 0.4) is 0 Å². The molecule has 1 rings (SSSR count). The fourth-order valence-electron chi connectivity index (χ4n) is 0.441. The van der Waals surface area contributed by atoms with Crippen LogP contribution in [-0.2, 0) is 0 Å². The SMILES string of the molecule is FC(F)(F)C1N=[C]CS1. The standard InChI is InChI=1S/C4H3F3NS/c5-4(6,7)3-8-1-2-9-3/h3H,2H2. The van der Waals surface area contributed by atoms with Crippen molar-refractivity contribution < 1.29 is 13.2 Å². The Morgan fingerprint density at radius 2 is 2.22 bits per heavy atom. The maximum Gasteiger partial charge on any atom is 0.420 e. The van der Waals surface area contributed by atoms with E-state index in [1.165, 1.54) is 0 Å². The molecule has 0 aliphatic carbocycles. The van der Waals surface area contributed by atoms with Gasteiger partial charge < -0.3 is 0 Å². The topological polar surface area (TPSA) is 12.4 Å². The van der Waals surface area contributed by atoms with Gasteiger partial charge in [0.1, 0.15) is 0 Å². The first-order valence-electron chi connectivity index (χ1n) is 2.22. The van der Waals surface area contributed by atoms with Crippen LogP contribution in [0.2, 0.25) is 0 Å². The van der Waals surface area contributed by atoms with Crippen LogP contribution in [0.5, 0.6) is 0 Å². The number of aliphatic imine (C=N–C) groups is 1. The molecule has 0 fully saturated rings. The number of hydrogen-bond donors (Lipinski definition) is 0. The summed E-state index contributed by atoms with van der Waals surface area (Å²) in [5, 5.41) is -1.56. The molecule has 1 unspecified atom stereocenters. The zero-order chi connectivity index (χ0) is 6.91. The van der Waals surface area contributed by atoms with Crippen molar-refractivity contribution in [1.82, 2.24) is 0 Å². The van der Waals surface area contributed by atoms with Crippen LogP contribution >= 0.6 is 11.8 Å². The van der Waals surface area contributed by atoms with Crippen molar-refractivity contribution in [2.24, 2.45) is 4.99 Å². The molecule has 1 atom stereocenters. The predicted octanol–water partition coefficient (Wildman–Crippen LogP) is 1.57. The van der Waals surface area contributed by atoms with Gasteiger partial charge in [0.05, 0.1) is 6.21 Å². The highest BCUT2D eigenvalue weighted by Crippen LogP contribution is 2.33. The molecule has 1 radical (unpaired) electrons. The summed E-state index contributed by atoms with van der Waals surface area (Å²) >= 11 is 0.747. The lowest BCUT2D eigenvalue weighted by Crippen LogP contribution is -2.21. The second-order valence-corrected chi connectivity index (χ2v) is 2.56. The summed E-state index contributed by atoms with van der Waals surface area (Å²) in [7, 11) is 0. The Hall–Kier alpha value is -0.190. The summed E-state index contributed by atoms with van der Waals surface area (Å²) in [6.45, 7) is 0. The Kier molecular flexibility index (Phi) is 1.70. The van der Waals surface area contributed by atoms with E-state index < -0.39 is 11.6 Å². The van der Waals surface area contributed by atoms with E-state index in [1.54, 1.807) is 0 Å². The molecule has 5 heteroatoms. The molecular formula is C4H3F3NS. The molecule has 0 saturated heterocycles. The van der Waals surface area contributed by atoms with Gasteiger partial charge in [-0.3, -0.25) is 4.99 Å². The summed E-state index contributed by atoms with van der Waals surface area (Å²) in [4.78, 5) is 3.09. The van der Waals surface area contributed by atoms with E-state index in [0.717, 1.165) is 11.8 Å². The van der Waals surface area contributed by atoms with Gasteiger partial charge >= 0.3 is 6.18 Å². The van der Waals surface area contributed by atoms with Crippen molar-refractivity contribution in [2.75, 3.05) is 5.75 Å². The summed E-state index contributed by atoms with van der Waals surface area (Å²) < 4.78 is 34.8. The predicted molar refractivity (Wildman–Crippen MR) is 29.7 cm³/mol. The van der Waals surface area contributed by atoms with Crippen LogP contribution in [0.25, 0.3) is 0 Å². The van der Waals surface area contributed by atoms with Crippen LogP contribution in [-0.4, -0.2) is 23.5 Å². The highest BCUT2D eigenvalue weighted by molar-refractivity contribution is 8.00. The maximum absolute atomic E-state index is 11.6. The average Bonchev–Trinajstić information content (AvgIpc) is 2.08. The molecule has 0 aromatic heterocycles. The number of nitrogens with zero attached hydrogens (tertiary/aromatic N) is 1. The number of alkyl halides is 3. The van der Waals surface area contributed by atoms with Crippen LogP contribution in [0.15, 0.2) is 4.99 Å². The lowest BCUT2D eigenvalue weighted by Gasteiger charge is -2.09. The molecule has 1 nitrogen and oxygen atoms in total. The molecule has 0 saturated carbocycles. The fraction of sp³-hybridized carbons (Fsp3) is 0.750. The summed E-state index contributed by atoms with van der Waals surface area (Å²) in [5.74, 6) is 0.254. The van der Waals surface area contributed by atoms with Gasteiger partial charge in [0.2, 0.25) is 0 Å². The second kappa shape index (κ2) is 2.21. The van der Waals surface area contributed by atoms with Crippen molar-refractivity contribution in [3.05, 3.63) is 0 Å². The third kappa shape index (κ3) is 1.61. The van der Waals surface area contributed by atoms with E-state index in [4.69, 9.17) is 0 Å². The third-order valence-corrected chi connectivity index (χ3v) is 1.78. The first-order valence-corrected chi connectivity index (χ1v) is 3.26. The fourth-order valence-corrected chi connectivity index (χ4v) is 1.09. The normalized spacial score (nSPS) is 27.2. The minimum Gasteiger partial charge on any atom is -0.263 e. The van der Waals surface area contributed by atoms with Gasteiger partial charge in [-0.15, -0.1) is 11.8 Å². The van der Waals surface area contributed by atoms with Gasteiger partial charge in [-0.25, -0.2) is 0 Å². The molecule has 0 aromatic carbocycles. The smallest absolute Gasteiger partial charge is 0.263 e. The van der Waals surface area contributed by atoms with Gasteiger partial charge in [-0.1, -0.05) is 0 Å². The van der Waals surface area contributed by atoms with Crippen LogP contribution in [0.4, 0.5) is 13.2 Å². The van der Waals surface area contributed by atoms with Crippen molar-refractivity contribution in [1.29, 1.82) is 0 Å². The number of halogens is 3. The van der Waals surface area contributed by atoms with Crippen LogP contribution in [0.1, 0.15) is 0 Å². The Morgan fingerprint density at radius 1 is 1.56 bits per heavy atom. The van der Waals surface area contributed by atoms with E-state index >= 15 is 0 Å². The monoisotopic (exact) mass is 154 g/mol. The third-order valence-electron chi connectivity index (χ3n) is 0.794. The van der Waals surface area contributed by atoms with E-state index in [2.05, 4.69) is 11.2 Å². The molecule has 0 aromatic rings. The van der Waals surface area contributed by atoms with E-state index in [1.807, 2.05) is 0 Å². The lowest BCUT2D eigenvalue weighted by atomic mass is 10.6. The molecule has 0 N–H and O–H groups in total. The van der Waals surface area contributed by atoms with Crippen molar-refractivity contribution in [3.8, 4) is 0 Å². The van der Waals surface area contributed by atoms with Gasteiger partial charge in [0.15, 0.2) is 5.37 Å². The van der Waals surface area contributed by atoms with Crippen LogP contribution < -0.4 is 0 Å². The Morgan fingerprint density at radius 3 is 2.44 bits per heavy atom. The average molecular weight is 154 g/mol. The van der Waals surface area contributed by atoms with E-state index in [9.17, 15) is 13.2 Å². The van der Waals surface area contributed by atoms with Crippen LogP contribution in [0, 0.1) is 0 Å². The van der Waals surface area contributed by atoms with Gasteiger partial charge in [0.25, 0.3) is 0 Å². The first kappa shape index (κ1) is 6.92. The summed E-state index contributed by atoms with van der Waals surface area (Å²) in [5.41, 5.74) is 0. The largest absolute Gasteiger partial charge is 0.420 e. The minimum absolute atomic E-state index is 0.254. The quantitative estimate of drug-likeness (QED) is 0.516. The number of hydrogen-bond acceptors (Lipinski definition) is 2. The van der Waals surface area contributed by atoms with Gasteiger partial charge in [0, 0.05) is 5.75 Å². The van der Waals surface area contributed by atoms with E-state index in [-0.39, 0.29) is 5.75 Å². The summed E-state index contributed by atoms with van der Waals surface area (Å²) in [6, 6.07) is 0. The Bertz CT molecular complexity index is 130. The zero-order valence-corrected chi connectivity index (χ0v) is 5.09.